The first kappa shape index (κ1) is 6.38. The van der Waals surface area contributed by atoms with Gasteiger partial charge in [0.15, 0.2) is 0 Å². The zero-order valence-electron chi connectivity index (χ0n) is 5.02. The second-order valence-corrected chi connectivity index (χ2v) is 2.13. The summed E-state index contributed by atoms with van der Waals surface area (Å²) in [5.74, 6) is 0. The van der Waals surface area contributed by atoms with E-state index in [4.69, 9.17) is 10.2 Å². The molecule has 0 spiro atoms. The van der Waals surface area contributed by atoms with Crippen LogP contribution < -0.4 is 0 Å². The number of hydrogen-bond donors (Lipinski definition) is 2. The average Bonchev–Trinajstić information content (AvgIpc) is 1.78. The molecule has 0 atom stereocenters. The van der Waals surface area contributed by atoms with E-state index in [1.165, 1.54) is 19.4 Å². The topological polar surface area (TPSA) is 65.2 Å². The molecular formula is C5H8N2O2. The van der Waals surface area contributed by atoms with E-state index >= 15 is 0 Å². The molecule has 1 aliphatic heterocycles. The minimum Gasteiger partial charge on any atom is -0.379 e. The molecule has 0 aromatic rings. The SMILES string of the molecule is CC1(O)C=NC(O)N=C1. The monoisotopic (exact) mass is 128 g/mol. The number of aliphatic hydroxyl groups is 2. The van der Waals surface area contributed by atoms with Crippen LogP contribution in [0.2, 0.25) is 0 Å². The molecule has 0 saturated heterocycles. The summed E-state index contributed by atoms with van der Waals surface area (Å²) in [6, 6.07) is 0. The molecule has 1 heterocycles. The van der Waals surface area contributed by atoms with E-state index in [1.807, 2.05) is 0 Å². The van der Waals surface area contributed by atoms with Gasteiger partial charge in [-0.05, 0) is 6.92 Å². The van der Waals surface area contributed by atoms with E-state index in [-0.39, 0.29) is 0 Å². The molecule has 0 bridgehead atoms. The van der Waals surface area contributed by atoms with Gasteiger partial charge in [0.2, 0.25) is 6.35 Å². The minimum absolute atomic E-state index is 1.02. The Morgan fingerprint density at radius 1 is 1.44 bits per heavy atom. The van der Waals surface area contributed by atoms with Gasteiger partial charge in [0.25, 0.3) is 0 Å². The summed E-state index contributed by atoms with van der Waals surface area (Å²) in [4.78, 5) is 6.93. The number of rotatable bonds is 0. The summed E-state index contributed by atoms with van der Waals surface area (Å²) < 4.78 is 0. The summed E-state index contributed by atoms with van der Waals surface area (Å²) in [5.41, 5.74) is -1.08. The predicted molar refractivity (Wildman–Crippen MR) is 33.6 cm³/mol. The van der Waals surface area contributed by atoms with Gasteiger partial charge in [-0.3, -0.25) is 0 Å². The second-order valence-electron chi connectivity index (χ2n) is 2.13. The van der Waals surface area contributed by atoms with Gasteiger partial charge >= 0.3 is 0 Å². The highest BCUT2D eigenvalue weighted by Gasteiger charge is 2.18. The Hall–Kier alpha value is -0.740. The first-order valence-electron chi connectivity index (χ1n) is 2.59. The maximum atomic E-state index is 9.08. The third kappa shape index (κ3) is 1.58. The van der Waals surface area contributed by atoms with Gasteiger partial charge in [-0.1, -0.05) is 0 Å². The van der Waals surface area contributed by atoms with Crippen molar-refractivity contribution in [2.75, 3.05) is 0 Å². The van der Waals surface area contributed by atoms with Gasteiger partial charge in [0, 0.05) is 12.4 Å². The largest absolute Gasteiger partial charge is 0.379 e. The fourth-order valence-electron chi connectivity index (χ4n) is 0.507. The van der Waals surface area contributed by atoms with Gasteiger partial charge in [0.05, 0.1) is 0 Å². The van der Waals surface area contributed by atoms with E-state index in [0.717, 1.165) is 0 Å². The molecule has 0 aromatic carbocycles. The van der Waals surface area contributed by atoms with Gasteiger partial charge in [-0.25, -0.2) is 9.98 Å². The highest BCUT2D eigenvalue weighted by Crippen LogP contribution is 2.02. The summed E-state index contributed by atoms with van der Waals surface area (Å²) in [5, 5.41) is 17.7. The highest BCUT2D eigenvalue weighted by molar-refractivity contribution is 5.93. The molecule has 0 unspecified atom stereocenters. The van der Waals surface area contributed by atoms with Crippen LogP contribution in [-0.4, -0.2) is 34.6 Å². The fourth-order valence-corrected chi connectivity index (χ4v) is 0.507. The van der Waals surface area contributed by atoms with E-state index in [1.54, 1.807) is 0 Å². The van der Waals surface area contributed by atoms with Crippen molar-refractivity contribution in [3.8, 4) is 0 Å². The normalized spacial score (nSPS) is 41.4. The standard InChI is InChI=1S/C5H8N2O2/c1-5(9)2-6-4(8)7-3-5/h2-4,8-9H,1H3. The Kier molecular flexibility index (Phi) is 1.34. The van der Waals surface area contributed by atoms with Crippen molar-refractivity contribution in [1.29, 1.82) is 0 Å². The van der Waals surface area contributed by atoms with Crippen LogP contribution in [0.25, 0.3) is 0 Å². The fraction of sp³-hybridized carbons (Fsp3) is 0.600. The molecule has 0 saturated carbocycles. The van der Waals surface area contributed by atoms with E-state index in [2.05, 4.69) is 9.98 Å². The molecule has 1 aliphatic rings. The molecule has 9 heavy (non-hydrogen) atoms. The van der Waals surface area contributed by atoms with Crippen molar-refractivity contribution in [3.05, 3.63) is 0 Å². The van der Waals surface area contributed by atoms with Crippen molar-refractivity contribution < 1.29 is 10.2 Å². The summed E-state index contributed by atoms with van der Waals surface area (Å²) >= 11 is 0. The van der Waals surface area contributed by atoms with E-state index in [9.17, 15) is 0 Å². The molecular weight excluding hydrogens is 120 g/mol. The molecule has 0 amide bonds. The lowest BCUT2D eigenvalue weighted by atomic mass is 10.1. The highest BCUT2D eigenvalue weighted by atomic mass is 16.3. The minimum atomic E-state index is -1.08. The second kappa shape index (κ2) is 1.89. The summed E-state index contributed by atoms with van der Waals surface area (Å²) in [6.07, 6.45) is 1.49. The first-order valence-corrected chi connectivity index (χ1v) is 2.59. The lowest BCUT2D eigenvalue weighted by Crippen LogP contribution is -2.32. The molecule has 0 fully saturated rings. The molecule has 2 N–H and O–H groups in total. The zero-order chi connectivity index (χ0) is 6.91. The Morgan fingerprint density at radius 2 is 1.89 bits per heavy atom. The van der Waals surface area contributed by atoms with Crippen molar-refractivity contribution >= 4 is 12.4 Å². The number of hydrogen-bond acceptors (Lipinski definition) is 4. The predicted octanol–water partition coefficient (Wildman–Crippen LogP) is -0.832. The van der Waals surface area contributed by atoms with Crippen molar-refractivity contribution in [3.63, 3.8) is 0 Å². The third-order valence-electron chi connectivity index (χ3n) is 0.938. The molecule has 4 heteroatoms. The third-order valence-corrected chi connectivity index (χ3v) is 0.938. The van der Waals surface area contributed by atoms with Crippen LogP contribution in [-0.2, 0) is 0 Å². The Balaban J connectivity index is 2.70. The summed E-state index contributed by atoms with van der Waals surface area (Å²) in [6.45, 7) is 1.53. The Labute approximate surface area is 52.6 Å². The molecule has 0 radical (unpaired) electrons. The van der Waals surface area contributed by atoms with Crippen molar-refractivity contribution in [2.24, 2.45) is 9.98 Å². The van der Waals surface area contributed by atoms with Crippen LogP contribution in [0.5, 0.6) is 0 Å². The zero-order valence-corrected chi connectivity index (χ0v) is 5.02. The van der Waals surface area contributed by atoms with Crippen LogP contribution >= 0.6 is 0 Å². The van der Waals surface area contributed by atoms with E-state index in [0.29, 0.717) is 0 Å². The smallest absolute Gasteiger partial charge is 0.242 e. The van der Waals surface area contributed by atoms with Crippen LogP contribution in [0.1, 0.15) is 6.92 Å². The van der Waals surface area contributed by atoms with Gasteiger partial charge in [-0.2, -0.15) is 0 Å². The molecule has 1 rings (SSSR count). The van der Waals surface area contributed by atoms with Crippen LogP contribution in [0.4, 0.5) is 0 Å². The quantitative estimate of drug-likeness (QED) is 0.447. The van der Waals surface area contributed by atoms with Gasteiger partial charge < -0.3 is 10.2 Å². The molecule has 0 aromatic heterocycles. The van der Waals surface area contributed by atoms with E-state index < -0.39 is 12.0 Å². The number of aliphatic hydroxyl groups excluding tert-OH is 1. The maximum Gasteiger partial charge on any atom is 0.242 e. The molecule has 0 aliphatic carbocycles. The van der Waals surface area contributed by atoms with Crippen LogP contribution in [0.3, 0.4) is 0 Å². The van der Waals surface area contributed by atoms with Gasteiger partial charge in [0.1, 0.15) is 5.60 Å². The number of nitrogens with zero attached hydrogens (tertiary/aromatic N) is 2. The lowest BCUT2D eigenvalue weighted by Gasteiger charge is -2.15. The van der Waals surface area contributed by atoms with Crippen molar-refractivity contribution in [1.82, 2.24) is 0 Å². The lowest BCUT2D eigenvalue weighted by molar-refractivity contribution is 0.170. The first-order chi connectivity index (χ1) is 4.10. The average molecular weight is 128 g/mol. The molecule has 50 valence electrons. The Bertz CT molecular complexity index is 146. The maximum absolute atomic E-state index is 9.08. The summed E-state index contributed by atoms with van der Waals surface area (Å²) in [7, 11) is 0. The Morgan fingerprint density at radius 3 is 2.22 bits per heavy atom. The van der Waals surface area contributed by atoms with Crippen LogP contribution in [0.15, 0.2) is 9.98 Å². The van der Waals surface area contributed by atoms with Crippen molar-refractivity contribution in [2.45, 2.75) is 18.9 Å². The van der Waals surface area contributed by atoms with Gasteiger partial charge in [-0.15, -0.1) is 0 Å². The molecule has 4 nitrogen and oxygen atoms in total. The van der Waals surface area contributed by atoms with Crippen LogP contribution in [0, 0.1) is 0 Å². The number of aliphatic imine (C=N–C) groups is 2.